The third kappa shape index (κ3) is 2.68. The number of hydrogen-bond donors (Lipinski definition) is 2. The molecular weight excluding hydrogens is 290 g/mol. The first-order chi connectivity index (χ1) is 9.63. The fraction of sp³-hybridized carbons (Fsp3) is 0.133. The maximum atomic E-state index is 6.25. The SMILES string of the molecule is CC(N)c1ccc(Sc2nc3ccccc3[nH]2)cc1Cl. The van der Waals surface area contributed by atoms with E-state index in [2.05, 4.69) is 9.97 Å². The van der Waals surface area contributed by atoms with Crippen LogP contribution in [0.1, 0.15) is 18.5 Å². The van der Waals surface area contributed by atoms with E-state index in [0.29, 0.717) is 5.02 Å². The van der Waals surface area contributed by atoms with E-state index in [1.807, 2.05) is 49.4 Å². The van der Waals surface area contributed by atoms with Crippen molar-refractivity contribution in [3.8, 4) is 0 Å². The van der Waals surface area contributed by atoms with Crippen molar-refractivity contribution in [1.29, 1.82) is 0 Å². The first kappa shape index (κ1) is 13.5. The minimum absolute atomic E-state index is 0.0623. The number of fused-ring (bicyclic) bond motifs is 1. The molecule has 1 atom stereocenters. The molecule has 0 aliphatic rings. The average Bonchev–Trinajstić information content (AvgIpc) is 2.80. The summed E-state index contributed by atoms with van der Waals surface area (Å²) < 4.78 is 0. The lowest BCUT2D eigenvalue weighted by Crippen LogP contribution is -2.05. The van der Waals surface area contributed by atoms with E-state index in [4.69, 9.17) is 17.3 Å². The van der Waals surface area contributed by atoms with Crippen LogP contribution in [0.2, 0.25) is 5.02 Å². The fourth-order valence-electron chi connectivity index (χ4n) is 2.03. The summed E-state index contributed by atoms with van der Waals surface area (Å²) in [6.07, 6.45) is 0. The van der Waals surface area contributed by atoms with Gasteiger partial charge in [0.25, 0.3) is 0 Å². The zero-order valence-electron chi connectivity index (χ0n) is 10.9. The Hall–Kier alpha value is -1.49. The molecule has 0 amide bonds. The van der Waals surface area contributed by atoms with E-state index in [0.717, 1.165) is 26.6 Å². The van der Waals surface area contributed by atoms with Crippen LogP contribution >= 0.6 is 23.4 Å². The number of nitrogens with zero attached hydrogens (tertiary/aromatic N) is 1. The van der Waals surface area contributed by atoms with Crippen molar-refractivity contribution in [3.63, 3.8) is 0 Å². The molecule has 3 rings (SSSR count). The second-order valence-electron chi connectivity index (χ2n) is 4.63. The van der Waals surface area contributed by atoms with Crippen LogP contribution in [0.5, 0.6) is 0 Å². The second-order valence-corrected chi connectivity index (χ2v) is 6.10. The van der Waals surface area contributed by atoms with E-state index in [-0.39, 0.29) is 6.04 Å². The van der Waals surface area contributed by atoms with Crippen molar-refractivity contribution in [2.45, 2.75) is 23.0 Å². The quantitative estimate of drug-likeness (QED) is 0.754. The van der Waals surface area contributed by atoms with Gasteiger partial charge in [0.1, 0.15) is 0 Å². The predicted octanol–water partition coefficient (Wildman–Crippen LogP) is 4.39. The number of hydrogen-bond acceptors (Lipinski definition) is 3. The van der Waals surface area contributed by atoms with Gasteiger partial charge in [0, 0.05) is 16.0 Å². The monoisotopic (exact) mass is 303 g/mol. The first-order valence-electron chi connectivity index (χ1n) is 6.31. The molecule has 3 N–H and O–H groups in total. The largest absolute Gasteiger partial charge is 0.333 e. The van der Waals surface area contributed by atoms with E-state index in [1.165, 1.54) is 0 Å². The summed E-state index contributed by atoms with van der Waals surface area (Å²) in [5.41, 5.74) is 8.82. The first-order valence-corrected chi connectivity index (χ1v) is 7.50. The smallest absolute Gasteiger partial charge is 0.171 e. The normalized spacial score (nSPS) is 12.8. The topological polar surface area (TPSA) is 54.7 Å². The highest BCUT2D eigenvalue weighted by atomic mass is 35.5. The van der Waals surface area contributed by atoms with Gasteiger partial charge in [-0.05, 0) is 36.8 Å². The number of aromatic nitrogens is 2. The number of halogens is 1. The molecule has 0 aliphatic carbocycles. The third-order valence-electron chi connectivity index (χ3n) is 3.04. The van der Waals surface area contributed by atoms with Crippen molar-refractivity contribution in [3.05, 3.63) is 53.1 Å². The van der Waals surface area contributed by atoms with Gasteiger partial charge in [0.05, 0.1) is 11.0 Å². The Bertz CT molecular complexity index is 719. The van der Waals surface area contributed by atoms with Crippen LogP contribution in [-0.2, 0) is 0 Å². The zero-order chi connectivity index (χ0) is 14.1. The highest BCUT2D eigenvalue weighted by Crippen LogP contribution is 2.31. The summed E-state index contributed by atoms with van der Waals surface area (Å²) >= 11 is 7.80. The number of imidazole rings is 1. The number of benzene rings is 2. The minimum Gasteiger partial charge on any atom is -0.333 e. The molecule has 3 aromatic rings. The van der Waals surface area contributed by atoms with Crippen LogP contribution in [0.3, 0.4) is 0 Å². The summed E-state index contributed by atoms with van der Waals surface area (Å²) in [6.45, 7) is 1.92. The molecule has 0 saturated carbocycles. The highest BCUT2D eigenvalue weighted by Gasteiger charge is 2.08. The number of para-hydroxylation sites is 2. The Morgan fingerprint density at radius 3 is 2.75 bits per heavy atom. The Labute approximate surface area is 126 Å². The molecule has 1 heterocycles. The minimum atomic E-state index is -0.0623. The molecule has 0 radical (unpaired) electrons. The van der Waals surface area contributed by atoms with E-state index in [9.17, 15) is 0 Å². The summed E-state index contributed by atoms with van der Waals surface area (Å²) in [4.78, 5) is 8.86. The molecule has 20 heavy (non-hydrogen) atoms. The molecule has 1 unspecified atom stereocenters. The van der Waals surface area contributed by atoms with Crippen molar-refractivity contribution in [2.24, 2.45) is 5.73 Å². The van der Waals surface area contributed by atoms with Crippen LogP contribution in [0.15, 0.2) is 52.5 Å². The average molecular weight is 304 g/mol. The lowest BCUT2D eigenvalue weighted by Gasteiger charge is -2.09. The molecule has 3 nitrogen and oxygen atoms in total. The van der Waals surface area contributed by atoms with Gasteiger partial charge >= 0.3 is 0 Å². The van der Waals surface area contributed by atoms with Crippen molar-refractivity contribution in [1.82, 2.24) is 9.97 Å². The van der Waals surface area contributed by atoms with Crippen molar-refractivity contribution < 1.29 is 0 Å². The van der Waals surface area contributed by atoms with Crippen LogP contribution in [0, 0.1) is 0 Å². The number of rotatable bonds is 3. The molecule has 0 fully saturated rings. The lowest BCUT2D eigenvalue weighted by atomic mass is 10.1. The summed E-state index contributed by atoms with van der Waals surface area (Å²) in [6, 6.07) is 13.8. The second kappa shape index (κ2) is 5.48. The van der Waals surface area contributed by atoms with Gasteiger partial charge in [-0.2, -0.15) is 0 Å². The van der Waals surface area contributed by atoms with E-state index < -0.39 is 0 Å². The molecule has 1 aromatic heterocycles. The molecular formula is C15H14ClN3S. The van der Waals surface area contributed by atoms with E-state index in [1.54, 1.807) is 11.8 Å². The molecule has 0 aliphatic heterocycles. The van der Waals surface area contributed by atoms with Gasteiger partial charge in [-0.1, -0.05) is 41.6 Å². The standard InChI is InChI=1S/C15H14ClN3S/c1-9(17)11-7-6-10(8-12(11)16)20-15-18-13-4-2-3-5-14(13)19-15/h2-9H,17H2,1H3,(H,18,19). The molecule has 5 heteroatoms. The van der Waals surface area contributed by atoms with Crippen molar-refractivity contribution >= 4 is 34.4 Å². The Kier molecular flexibility index (Phi) is 3.70. The summed E-state index contributed by atoms with van der Waals surface area (Å²) in [5.74, 6) is 0. The van der Waals surface area contributed by atoms with Crippen LogP contribution in [0.4, 0.5) is 0 Å². The van der Waals surface area contributed by atoms with Gasteiger partial charge in [0.2, 0.25) is 0 Å². The Morgan fingerprint density at radius 1 is 1.25 bits per heavy atom. The van der Waals surface area contributed by atoms with Gasteiger partial charge in [-0.3, -0.25) is 0 Å². The highest BCUT2D eigenvalue weighted by molar-refractivity contribution is 7.99. The predicted molar refractivity (Wildman–Crippen MR) is 84.3 cm³/mol. The van der Waals surface area contributed by atoms with Gasteiger partial charge in [-0.15, -0.1) is 0 Å². The number of aromatic amines is 1. The maximum Gasteiger partial charge on any atom is 0.171 e. The van der Waals surface area contributed by atoms with Crippen molar-refractivity contribution in [2.75, 3.05) is 0 Å². The van der Waals surface area contributed by atoms with Crippen LogP contribution < -0.4 is 5.73 Å². The molecule has 0 bridgehead atoms. The van der Waals surface area contributed by atoms with Gasteiger partial charge in [-0.25, -0.2) is 4.98 Å². The third-order valence-corrected chi connectivity index (χ3v) is 4.25. The maximum absolute atomic E-state index is 6.25. The van der Waals surface area contributed by atoms with Crippen LogP contribution in [0.25, 0.3) is 11.0 Å². The molecule has 0 saturated heterocycles. The van der Waals surface area contributed by atoms with Crippen LogP contribution in [-0.4, -0.2) is 9.97 Å². The van der Waals surface area contributed by atoms with Gasteiger partial charge < -0.3 is 10.7 Å². The van der Waals surface area contributed by atoms with Gasteiger partial charge in [0.15, 0.2) is 5.16 Å². The summed E-state index contributed by atoms with van der Waals surface area (Å²) in [5, 5.41) is 1.55. The Morgan fingerprint density at radius 2 is 2.05 bits per heavy atom. The zero-order valence-corrected chi connectivity index (χ0v) is 12.5. The number of nitrogens with one attached hydrogen (secondary N) is 1. The number of nitrogens with two attached hydrogens (primary N) is 1. The molecule has 2 aromatic carbocycles. The fourth-order valence-corrected chi connectivity index (χ4v) is 3.29. The molecule has 102 valence electrons. The number of H-pyrrole nitrogens is 1. The lowest BCUT2D eigenvalue weighted by molar-refractivity contribution is 0.817. The molecule has 0 spiro atoms. The Balaban J connectivity index is 1.89. The summed E-state index contributed by atoms with van der Waals surface area (Å²) in [7, 11) is 0. The van der Waals surface area contributed by atoms with E-state index >= 15 is 0 Å².